The first-order chi connectivity index (χ1) is 7.90. The number of thiophene rings is 1. The minimum atomic E-state index is -4.86. The zero-order chi connectivity index (χ0) is 14.1. The summed E-state index contributed by atoms with van der Waals surface area (Å²) in [6.45, 7) is 8.00. The predicted octanol–water partition coefficient (Wildman–Crippen LogP) is 4.40. The van der Waals surface area contributed by atoms with Gasteiger partial charge in [0, 0.05) is 0 Å². The minimum absolute atomic E-state index is 0.461. The predicted molar refractivity (Wildman–Crippen MR) is 60.7 cm³/mol. The summed E-state index contributed by atoms with van der Waals surface area (Å²) in [5, 5.41) is 9.63. The topological polar surface area (TPSA) is 46.5 Å². The molecule has 0 amide bonds. The second-order valence-electron chi connectivity index (χ2n) is 1.97. The van der Waals surface area contributed by atoms with Crippen LogP contribution < -0.4 is 4.74 Å². The van der Waals surface area contributed by atoms with Crippen molar-refractivity contribution in [1.29, 1.82) is 0 Å². The number of hydrogen-bond acceptors (Lipinski definition) is 3. The lowest BCUT2D eigenvalue weighted by Crippen LogP contribution is -2.18. The van der Waals surface area contributed by atoms with Crippen LogP contribution in [0.3, 0.4) is 0 Å². The summed E-state index contributed by atoms with van der Waals surface area (Å²) >= 11 is 0.674. The number of ether oxygens (including phenoxy) is 1. The summed E-state index contributed by atoms with van der Waals surface area (Å²) in [7, 11) is 0. The lowest BCUT2D eigenvalue weighted by Gasteiger charge is -2.07. The number of rotatable bonds is 2. The van der Waals surface area contributed by atoms with Gasteiger partial charge < -0.3 is 9.84 Å². The zero-order valence-electron chi connectivity index (χ0n) is 9.96. The van der Waals surface area contributed by atoms with Gasteiger partial charge in [-0.25, -0.2) is 4.79 Å². The molecule has 0 aliphatic heterocycles. The molecule has 0 radical (unpaired) electrons. The Labute approximate surface area is 102 Å². The molecular weight excluding hydrogens is 257 g/mol. The fourth-order valence-electron chi connectivity index (χ4n) is 0.658. The lowest BCUT2D eigenvalue weighted by molar-refractivity contribution is -0.274. The Kier molecular flexibility index (Phi) is 9.45. The van der Waals surface area contributed by atoms with Crippen LogP contribution in [0.2, 0.25) is 0 Å². The van der Waals surface area contributed by atoms with Crippen LogP contribution in [0.1, 0.15) is 37.4 Å². The Balaban J connectivity index is 0. The van der Waals surface area contributed by atoms with Gasteiger partial charge in [-0.05, 0) is 11.4 Å². The summed E-state index contributed by atoms with van der Waals surface area (Å²) in [5.41, 5.74) is 0. The Bertz CT molecular complexity index is 321. The number of aromatic carboxylic acids is 1. The van der Waals surface area contributed by atoms with E-state index in [1.54, 1.807) is 0 Å². The molecule has 1 heterocycles. The van der Waals surface area contributed by atoms with Gasteiger partial charge in [-0.15, -0.1) is 24.5 Å². The van der Waals surface area contributed by atoms with Crippen molar-refractivity contribution in [1.82, 2.24) is 0 Å². The van der Waals surface area contributed by atoms with Crippen LogP contribution in [-0.4, -0.2) is 17.4 Å². The molecule has 7 heteroatoms. The van der Waals surface area contributed by atoms with Crippen molar-refractivity contribution in [2.75, 3.05) is 0 Å². The molecule has 3 nitrogen and oxygen atoms in total. The standard InChI is InChI=1S/C6H3F3O3S.2C2H6/c7-6(8,9)12-3-1-2-13-4(3)5(10)11;2*1-2/h1-2H,(H,10,11);2*1-2H3. The van der Waals surface area contributed by atoms with Gasteiger partial charge in [0.2, 0.25) is 0 Å². The van der Waals surface area contributed by atoms with Crippen LogP contribution in [0.25, 0.3) is 0 Å². The molecule has 0 saturated heterocycles. The van der Waals surface area contributed by atoms with Crippen LogP contribution in [0.15, 0.2) is 11.4 Å². The van der Waals surface area contributed by atoms with Crippen molar-refractivity contribution >= 4 is 17.3 Å². The van der Waals surface area contributed by atoms with Gasteiger partial charge in [-0.2, -0.15) is 0 Å². The first-order valence-electron chi connectivity index (χ1n) is 4.96. The van der Waals surface area contributed by atoms with Crippen LogP contribution in [0.5, 0.6) is 5.75 Å². The van der Waals surface area contributed by atoms with Crippen molar-refractivity contribution in [2.24, 2.45) is 0 Å². The molecule has 0 aliphatic rings. The van der Waals surface area contributed by atoms with Crippen molar-refractivity contribution in [2.45, 2.75) is 34.1 Å². The molecule has 0 aromatic carbocycles. The number of alkyl halides is 3. The molecule has 0 spiro atoms. The molecule has 100 valence electrons. The molecule has 1 rings (SSSR count). The van der Waals surface area contributed by atoms with Crippen LogP contribution in [-0.2, 0) is 0 Å². The molecule has 0 atom stereocenters. The molecule has 0 saturated carbocycles. The zero-order valence-corrected chi connectivity index (χ0v) is 10.8. The molecule has 0 fully saturated rings. The average Bonchev–Trinajstić information content (AvgIpc) is 2.69. The van der Waals surface area contributed by atoms with Crippen molar-refractivity contribution in [3.8, 4) is 5.75 Å². The SMILES string of the molecule is CC.CC.O=C(O)c1sccc1OC(F)(F)F. The first kappa shape index (κ1) is 18.1. The molecular formula is C10H15F3O3S. The maximum Gasteiger partial charge on any atom is 0.573 e. The number of halogens is 3. The van der Waals surface area contributed by atoms with Crippen molar-refractivity contribution < 1.29 is 27.8 Å². The van der Waals surface area contributed by atoms with E-state index in [0.29, 0.717) is 11.3 Å². The summed E-state index contributed by atoms with van der Waals surface area (Å²) < 4.78 is 38.4. The quantitative estimate of drug-likeness (QED) is 0.868. The van der Waals surface area contributed by atoms with E-state index in [1.165, 1.54) is 5.38 Å². The van der Waals surface area contributed by atoms with E-state index in [4.69, 9.17) is 5.11 Å². The van der Waals surface area contributed by atoms with Gasteiger partial charge in [0.1, 0.15) is 0 Å². The summed E-state index contributed by atoms with van der Waals surface area (Å²) in [6, 6.07) is 0.960. The normalized spacial score (nSPS) is 9.35. The number of hydrogen-bond donors (Lipinski definition) is 1. The van der Waals surface area contributed by atoms with Crippen molar-refractivity contribution in [3.05, 3.63) is 16.3 Å². The smallest absolute Gasteiger partial charge is 0.477 e. The van der Waals surface area contributed by atoms with Crippen LogP contribution in [0.4, 0.5) is 13.2 Å². The average molecular weight is 272 g/mol. The Morgan fingerprint density at radius 2 is 1.76 bits per heavy atom. The van der Waals surface area contributed by atoms with E-state index in [2.05, 4.69) is 4.74 Å². The molecule has 17 heavy (non-hydrogen) atoms. The van der Waals surface area contributed by atoms with E-state index in [-0.39, 0.29) is 0 Å². The van der Waals surface area contributed by atoms with E-state index in [1.807, 2.05) is 27.7 Å². The fourth-order valence-corrected chi connectivity index (χ4v) is 1.31. The summed E-state index contributed by atoms with van der Waals surface area (Å²) in [6.07, 6.45) is -4.86. The Hall–Kier alpha value is -1.24. The minimum Gasteiger partial charge on any atom is -0.477 e. The van der Waals surface area contributed by atoms with Gasteiger partial charge >= 0.3 is 12.3 Å². The van der Waals surface area contributed by atoms with Gasteiger partial charge in [0.05, 0.1) is 0 Å². The fraction of sp³-hybridized carbons (Fsp3) is 0.500. The molecule has 1 aromatic heterocycles. The van der Waals surface area contributed by atoms with Gasteiger partial charge in [-0.1, -0.05) is 27.7 Å². The van der Waals surface area contributed by atoms with Gasteiger partial charge in [0.15, 0.2) is 10.6 Å². The monoisotopic (exact) mass is 272 g/mol. The highest BCUT2D eigenvalue weighted by molar-refractivity contribution is 7.12. The van der Waals surface area contributed by atoms with Crippen molar-refractivity contribution in [3.63, 3.8) is 0 Å². The summed E-state index contributed by atoms with van der Waals surface area (Å²) in [5.74, 6) is -2.11. The highest BCUT2D eigenvalue weighted by atomic mass is 32.1. The maximum atomic E-state index is 11.7. The van der Waals surface area contributed by atoms with Crippen LogP contribution in [0, 0.1) is 0 Å². The highest BCUT2D eigenvalue weighted by Crippen LogP contribution is 2.30. The number of carboxylic acids is 1. The molecule has 1 aromatic rings. The van der Waals surface area contributed by atoms with Gasteiger partial charge in [-0.3, -0.25) is 0 Å². The van der Waals surface area contributed by atoms with E-state index in [9.17, 15) is 18.0 Å². The Morgan fingerprint density at radius 3 is 2.12 bits per heavy atom. The molecule has 0 aliphatic carbocycles. The highest BCUT2D eigenvalue weighted by Gasteiger charge is 2.33. The second-order valence-corrected chi connectivity index (χ2v) is 2.88. The third-order valence-electron chi connectivity index (χ3n) is 1.05. The molecule has 1 N–H and O–H groups in total. The second kappa shape index (κ2) is 8.86. The van der Waals surface area contributed by atoms with E-state index in [0.717, 1.165) is 6.07 Å². The number of carboxylic acid groups (broad SMARTS) is 1. The third-order valence-corrected chi connectivity index (χ3v) is 1.93. The number of carbonyl (C=O) groups is 1. The largest absolute Gasteiger partial charge is 0.573 e. The molecule has 0 bridgehead atoms. The van der Waals surface area contributed by atoms with E-state index < -0.39 is 23.0 Å². The molecule has 0 unspecified atom stereocenters. The third kappa shape index (κ3) is 7.62. The lowest BCUT2D eigenvalue weighted by atomic mass is 10.4. The Morgan fingerprint density at radius 1 is 1.29 bits per heavy atom. The summed E-state index contributed by atoms with van der Waals surface area (Å²) in [4.78, 5) is 9.87. The first-order valence-corrected chi connectivity index (χ1v) is 5.84. The van der Waals surface area contributed by atoms with Crippen LogP contribution >= 0.6 is 11.3 Å². The van der Waals surface area contributed by atoms with E-state index >= 15 is 0 Å². The van der Waals surface area contributed by atoms with Gasteiger partial charge in [0.25, 0.3) is 0 Å². The maximum absolute atomic E-state index is 11.7.